The Morgan fingerprint density at radius 2 is 1.45 bits per heavy atom. The van der Waals surface area contributed by atoms with Gasteiger partial charge in [-0.15, -0.1) is 0 Å². The summed E-state index contributed by atoms with van der Waals surface area (Å²) in [6, 6.07) is 7.50. The molecule has 1 unspecified atom stereocenters. The molecule has 0 spiro atoms. The zero-order valence-corrected chi connectivity index (χ0v) is 18.7. The van der Waals surface area contributed by atoms with Crippen LogP contribution in [0.1, 0.15) is 102 Å². The van der Waals surface area contributed by atoms with Crippen molar-refractivity contribution in [2.24, 2.45) is 5.92 Å². The number of hydrogen-bond donors (Lipinski definition) is 1. The van der Waals surface area contributed by atoms with E-state index < -0.39 is 0 Å². The third kappa shape index (κ3) is 13.3. The van der Waals surface area contributed by atoms with Gasteiger partial charge < -0.3 is 9.84 Å². The van der Waals surface area contributed by atoms with E-state index in [1.807, 2.05) is 24.3 Å². The lowest BCUT2D eigenvalue weighted by atomic mass is 9.95. The quantitative estimate of drug-likeness (QED) is 0.172. The molecule has 1 N–H and O–H groups in total. The highest BCUT2D eigenvalue weighted by atomic mass is 16.5. The number of esters is 1. The van der Waals surface area contributed by atoms with E-state index in [0.29, 0.717) is 12.5 Å². The number of carbonyl (C=O) groups is 1. The summed E-state index contributed by atoms with van der Waals surface area (Å²) < 4.78 is 5.56. The second-order valence-corrected chi connectivity index (χ2v) is 8.13. The van der Waals surface area contributed by atoms with Crippen LogP contribution in [0.5, 0.6) is 0 Å². The fourth-order valence-corrected chi connectivity index (χ4v) is 3.53. The molecule has 0 radical (unpaired) electrons. The Labute approximate surface area is 178 Å². The molecular formula is C26H42O3. The minimum absolute atomic E-state index is 0.0320. The first-order valence-electron chi connectivity index (χ1n) is 11.7. The van der Waals surface area contributed by atoms with Gasteiger partial charge in [-0.3, -0.25) is 0 Å². The van der Waals surface area contributed by atoms with E-state index in [9.17, 15) is 4.79 Å². The van der Waals surface area contributed by atoms with Crippen LogP contribution in [0.2, 0.25) is 0 Å². The van der Waals surface area contributed by atoms with Crippen molar-refractivity contribution in [1.29, 1.82) is 0 Å². The number of aliphatic hydroxyl groups is 1. The molecule has 1 aromatic carbocycles. The molecule has 1 atom stereocenters. The van der Waals surface area contributed by atoms with E-state index in [-0.39, 0.29) is 12.6 Å². The summed E-state index contributed by atoms with van der Waals surface area (Å²) >= 11 is 0. The monoisotopic (exact) mass is 402 g/mol. The lowest BCUT2D eigenvalue weighted by Gasteiger charge is -2.16. The Morgan fingerprint density at radius 1 is 0.897 bits per heavy atom. The number of rotatable bonds is 17. The first-order chi connectivity index (χ1) is 14.2. The highest BCUT2D eigenvalue weighted by Crippen LogP contribution is 2.19. The fraction of sp³-hybridized carbons (Fsp3) is 0.654. The van der Waals surface area contributed by atoms with Crippen LogP contribution in [0.25, 0.3) is 6.08 Å². The molecule has 0 fully saturated rings. The smallest absolute Gasteiger partial charge is 0.330 e. The van der Waals surface area contributed by atoms with Crippen LogP contribution < -0.4 is 0 Å². The van der Waals surface area contributed by atoms with Crippen molar-refractivity contribution in [2.75, 3.05) is 6.61 Å². The number of benzene rings is 1. The average Bonchev–Trinajstić information content (AvgIpc) is 2.75. The SMILES string of the molecule is CCCCCCCCC(CCCCCC)COC(=O)/C=C/c1ccc(CO)cc1. The maximum absolute atomic E-state index is 12.1. The van der Waals surface area contributed by atoms with Gasteiger partial charge in [-0.1, -0.05) is 102 Å². The predicted molar refractivity (Wildman–Crippen MR) is 123 cm³/mol. The highest BCUT2D eigenvalue weighted by molar-refractivity contribution is 5.87. The second kappa shape index (κ2) is 17.3. The Balaban J connectivity index is 2.37. The average molecular weight is 403 g/mol. The fourth-order valence-electron chi connectivity index (χ4n) is 3.53. The van der Waals surface area contributed by atoms with E-state index >= 15 is 0 Å². The molecule has 0 bridgehead atoms. The summed E-state index contributed by atoms with van der Waals surface area (Å²) in [5.41, 5.74) is 1.80. The first kappa shape index (κ1) is 25.4. The third-order valence-electron chi connectivity index (χ3n) is 5.47. The van der Waals surface area contributed by atoms with Gasteiger partial charge in [-0.2, -0.15) is 0 Å². The van der Waals surface area contributed by atoms with Crippen molar-refractivity contribution >= 4 is 12.0 Å². The minimum Gasteiger partial charge on any atom is -0.462 e. The van der Waals surface area contributed by atoms with Crippen LogP contribution in [-0.2, 0) is 16.1 Å². The van der Waals surface area contributed by atoms with Gasteiger partial charge in [0.2, 0.25) is 0 Å². The van der Waals surface area contributed by atoms with Crippen molar-refractivity contribution < 1.29 is 14.6 Å². The zero-order valence-electron chi connectivity index (χ0n) is 18.7. The highest BCUT2D eigenvalue weighted by Gasteiger charge is 2.11. The molecule has 0 heterocycles. The standard InChI is InChI=1S/C26H42O3/c1-3-5-7-9-10-12-14-25(13-11-8-6-4-2)22-29-26(28)20-19-23-15-17-24(21-27)18-16-23/h15-20,25,27H,3-14,21-22H2,1-2H3/b20-19+. The van der Waals surface area contributed by atoms with E-state index in [0.717, 1.165) is 24.0 Å². The van der Waals surface area contributed by atoms with Crippen LogP contribution >= 0.6 is 0 Å². The number of unbranched alkanes of at least 4 members (excludes halogenated alkanes) is 8. The van der Waals surface area contributed by atoms with Crippen molar-refractivity contribution in [1.82, 2.24) is 0 Å². The van der Waals surface area contributed by atoms with Crippen LogP contribution in [0, 0.1) is 5.92 Å². The number of hydrogen-bond acceptors (Lipinski definition) is 3. The topological polar surface area (TPSA) is 46.5 Å². The molecule has 0 aliphatic rings. The Kier molecular flexibility index (Phi) is 15.1. The van der Waals surface area contributed by atoms with Crippen LogP contribution in [0.4, 0.5) is 0 Å². The largest absolute Gasteiger partial charge is 0.462 e. The van der Waals surface area contributed by atoms with Gasteiger partial charge in [0.15, 0.2) is 0 Å². The molecular weight excluding hydrogens is 360 g/mol. The van der Waals surface area contributed by atoms with E-state index in [4.69, 9.17) is 9.84 Å². The number of ether oxygens (including phenoxy) is 1. The molecule has 29 heavy (non-hydrogen) atoms. The number of aliphatic hydroxyl groups excluding tert-OH is 1. The van der Waals surface area contributed by atoms with Gasteiger partial charge >= 0.3 is 5.97 Å². The van der Waals surface area contributed by atoms with Crippen LogP contribution in [0.15, 0.2) is 30.3 Å². The predicted octanol–water partition coefficient (Wildman–Crippen LogP) is 7.07. The van der Waals surface area contributed by atoms with E-state index in [2.05, 4.69) is 13.8 Å². The molecule has 0 saturated carbocycles. The maximum atomic E-state index is 12.1. The van der Waals surface area contributed by atoms with Gasteiger partial charge in [-0.05, 0) is 36.0 Å². The Morgan fingerprint density at radius 3 is 2.03 bits per heavy atom. The Hall–Kier alpha value is -1.61. The van der Waals surface area contributed by atoms with Crippen molar-refractivity contribution in [2.45, 2.75) is 97.5 Å². The van der Waals surface area contributed by atoms with Crippen molar-refractivity contribution in [3.8, 4) is 0 Å². The van der Waals surface area contributed by atoms with E-state index in [1.54, 1.807) is 6.08 Å². The summed E-state index contributed by atoms with van der Waals surface area (Å²) in [6.45, 7) is 5.05. The summed E-state index contributed by atoms with van der Waals surface area (Å²) in [4.78, 5) is 12.1. The first-order valence-corrected chi connectivity index (χ1v) is 11.7. The number of carbonyl (C=O) groups excluding carboxylic acids is 1. The van der Waals surface area contributed by atoms with Crippen LogP contribution in [0.3, 0.4) is 0 Å². The molecule has 1 aromatic rings. The summed E-state index contributed by atoms with van der Waals surface area (Å²) in [7, 11) is 0. The lowest BCUT2D eigenvalue weighted by molar-refractivity contribution is -0.139. The summed E-state index contributed by atoms with van der Waals surface area (Å²) in [6.07, 6.45) is 18.5. The van der Waals surface area contributed by atoms with Gasteiger partial charge in [0.05, 0.1) is 13.2 Å². The van der Waals surface area contributed by atoms with Crippen LogP contribution in [-0.4, -0.2) is 17.7 Å². The van der Waals surface area contributed by atoms with E-state index in [1.165, 1.54) is 70.3 Å². The zero-order chi connectivity index (χ0) is 21.2. The molecule has 0 saturated heterocycles. The molecule has 164 valence electrons. The molecule has 1 rings (SSSR count). The molecule has 0 aliphatic heterocycles. The molecule has 3 heteroatoms. The molecule has 0 aromatic heterocycles. The van der Waals surface area contributed by atoms with Crippen molar-refractivity contribution in [3.05, 3.63) is 41.5 Å². The normalized spacial score (nSPS) is 12.4. The minimum atomic E-state index is -0.266. The van der Waals surface area contributed by atoms with Gasteiger partial charge in [-0.25, -0.2) is 4.79 Å². The van der Waals surface area contributed by atoms with Gasteiger partial charge in [0.25, 0.3) is 0 Å². The molecule has 3 nitrogen and oxygen atoms in total. The lowest BCUT2D eigenvalue weighted by Crippen LogP contribution is -2.13. The third-order valence-corrected chi connectivity index (χ3v) is 5.47. The molecule has 0 amide bonds. The maximum Gasteiger partial charge on any atom is 0.330 e. The summed E-state index contributed by atoms with van der Waals surface area (Å²) in [5, 5.41) is 9.08. The second-order valence-electron chi connectivity index (χ2n) is 8.13. The van der Waals surface area contributed by atoms with Gasteiger partial charge in [0, 0.05) is 6.08 Å². The van der Waals surface area contributed by atoms with Crippen molar-refractivity contribution in [3.63, 3.8) is 0 Å². The molecule has 0 aliphatic carbocycles. The Bertz CT molecular complexity index is 548. The summed E-state index contributed by atoms with van der Waals surface area (Å²) in [5.74, 6) is 0.219. The van der Waals surface area contributed by atoms with Gasteiger partial charge in [0.1, 0.15) is 0 Å².